The lowest BCUT2D eigenvalue weighted by molar-refractivity contribution is 0.141. The fourth-order valence-corrected chi connectivity index (χ4v) is 4.42. The lowest BCUT2D eigenvalue weighted by Gasteiger charge is -2.09. The summed E-state index contributed by atoms with van der Waals surface area (Å²) < 4.78 is 8.54. The highest BCUT2D eigenvalue weighted by atomic mass is 32.1. The van der Waals surface area contributed by atoms with Gasteiger partial charge in [-0.15, -0.1) is 11.3 Å². The second kappa shape index (κ2) is 8.23. The van der Waals surface area contributed by atoms with Gasteiger partial charge in [-0.3, -0.25) is 14.7 Å². The van der Waals surface area contributed by atoms with Crippen molar-refractivity contribution in [2.75, 3.05) is 13.2 Å². The maximum absolute atomic E-state index is 13.1. The Kier molecular flexibility index (Phi) is 5.51. The van der Waals surface area contributed by atoms with Gasteiger partial charge in [0.25, 0.3) is 11.1 Å². The number of nitrogens with zero attached hydrogens (tertiary/aromatic N) is 2. The topological polar surface area (TPSA) is 69.0 Å². The van der Waals surface area contributed by atoms with Crippen molar-refractivity contribution in [2.45, 2.75) is 26.8 Å². The van der Waals surface area contributed by atoms with Gasteiger partial charge in [0, 0.05) is 36.9 Å². The fourth-order valence-electron chi connectivity index (χ4n) is 3.54. The second-order valence-electron chi connectivity index (χ2n) is 6.85. The highest BCUT2D eigenvalue weighted by Crippen LogP contribution is 2.27. The zero-order valence-corrected chi connectivity index (χ0v) is 17.3. The van der Waals surface area contributed by atoms with Crippen molar-refractivity contribution in [2.24, 2.45) is 0 Å². The largest absolute Gasteiger partial charge is 0.382 e. The monoisotopic (exact) mass is 409 g/mol. The molecule has 0 aliphatic heterocycles. The molecule has 0 fully saturated rings. The molecule has 0 aliphatic rings. The summed E-state index contributed by atoms with van der Waals surface area (Å²) in [5.74, 6) is 0. The van der Waals surface area contributed by atoms with Crippen molar-refractivity contribution in [1.29, 1.82) is 0 Å². The molecule has 0 amide bonds. The van der Waals surface area contributed by atoms with Crippen LogP contribution in [-0.4, -0.2) is 27.6 Å². The summed E-state index contributed by atoms with van der Waals surface area (Å²) in [6.45, 7) is 5.55. The van der Waals surface area contributed by atoms with Crippen LogP contribution in [-0.2, 0) is 11.3 Å². The number of pyridine rings is 1. The number of nitrogens with one attached hydrogen (secondary N) is 1. The minimum absolute atomic E-state index is 0.115. The lowest BCUT2D eigenvalue weighted by Crippen LogP contribution is -2.24. The molecular formula is C22H23N3O3S. The molecule has 7 heteroatoms. The van der Waals surface area contributed by atoms with E-state index in [9.17, 15) is 9.59 Å². The predicted molar refractivity (Wildman–Crippen MR) is 117 cm³/mol. The van der Waals surface area contributed by atoms with Crippen molar-refractivity contribution in [3.05, 3.63) is 74.2 Å². The molecule has 29 heavy (non-hydrogen) atoms. The number of hydrogen-bond acceptors (Lipinski definition) is 4. The Morgan fingerprint density at radius 2 is 1.90 bits per heavy atom. The highest BCUT2D eigenvalue weighted by Gasteiger charge is 2.16. The van der Waals surface area contributed by atoms with E-state index < -0.39 is 0 Å². The van der Waals surface area contributed by atoms with E-state index >= 15 is 0 Å². The van der Waals surface area contributed by atoms with Crippen LogP contribution in [0.2, 0.25) is 0 Å². The Balaban J connectivity index is 1.73. The van der Waals surface area contributed by atoms with Gasteiger partial charge in [-0.25, -0.2) is 4.68 Å². The second-order valence-corrected chi connectivity index (χ2v) is 7.74. The maximum atomic E-state index is 13.1. The molecule has 6 nitrogen and oxygen atoms in total. The third-order valence-corrected chi connectivity index (χ3v) is 5.92. The van der Waals surface area contributed by atoms with Crippen LogP contribution in [0.15, 0.2) is 57.4 Å². The molecule has 0 spiro atoms. The van der Waals surface area contributed by atoms with Crippen molar-refractivity contribution in [3.8, 4) is 16.1 Å². The van der Waals surface area contributed by atoms with Crippen LogP contribution in [0.1, 0.15) is 19.0 Å². The molecule has 3 aromatic heterocycles. The lowest BCUT2D eigenvalue weighted by atomic mass is 10.1. The first-order valence-electron chi connectivity index (χ1n) is 9.67. The van der Waals surface area contributed by atoms with Gasteiger partial charge in [-0.2, -0.15) is 0 Å². The Morgan fingerprint density at radius 1 is 1.10 bits per heavy atom. The fraction of sp³-hybridized carbons (Fsp3) is 0.273. The molecule has 0 radical (unpaired) electrons. The summed E-state index contributed by atoms with van der Waals surface area (Å²) in [7, 11) is 0. The average Bonchev–Trinajstić information content (AvgIpc) is 3.33. The number of aromatic amines is 1. The van der Waals surface area contributed by atoms with Gasteiger partial charge in [-0.1, -0.05) is 30.3 Å². The average molecular weight is 410 g/mol. The van der Waals surface area contributed by atoms with Gasteiger partial charge in [-0.05, 0) is 37.5 Å². The third-order valence-electron chi connectivity index (χ3n) is 5.01. The number of fused-ring (bicyclic) bond motifs is 1. The van der Waals surface area contributed by atoms with E-state index in [2.05, 4.69) is 5.10 Å². The zero-order chi connectivity index (χ0) is 20.4. The van der Waals surface area contributed by atoms with E-state index in [1.54, 1.807) is 4.57 Å². The molecule has 0 atom stereocenters. The standard InChI is InChI=1S/C22H23N3O3S/c1-3-28-11-7-10-24-15(2)21-18(13-19(24)26)23-25(22(21)27)20-12-17(14-29-20)16-8-5-4-6-9-16/h4-6,8-9,12-14,23H,3,7,10-11H2,1-2H3. The van der Waals surface area contributed by atoms with E-state index in [4.69, 9.17) is 4.74 Å². The van der Waals surface area contributed by atoms with Crippen molar-refractivity contribution in [3.63, 3.8) is 0 Å². The normalized spacial score (nSPS) is 11.4. The highest BCUT2D eigenvalue weighted by molar-refractivity contribution is 7.13. The summed E-state index contributed by atoms with van der Waals surface area (Å²) in [5.41, 5.74) is 3.15. The van der Waals surface area contributed by atoms with Gasteiger partial charge in [0.2, 0.25) is 0 Å². The van der Waals surface area contributed by atoms with Crippen LogP contribution in [0, 0.1) is 6.92 Å². The van der Waals surface area contributed by atoms with Crippen molar-refractivity contribution >= 4 is 22.2 Å². The Bertz CT molecular complexity index is 1250. The number of thiophene rings is 1. The quantitative estimate of drug-likeness (QED) is 0.470. The van der Waals surface area contributed by atoms with E-state index in [0.717, 1.165) is 22.5 Å². The van der Waals surface area contributed by atoms with Crippen LogP contribution in [0.25, 0.3) is 27.0 Å². The van der Waals surface area contributed by atoms with Crippen LogP contribution in [0.3, 0.4) is 0 Å². The Morgan fingerprint density at radius 3 is 2.66 bits per heavy atom. The summed E-state index contributed by atoms with van der Waals surface area (Å²) in [4.78, 5) is 25.7. The van der Waals surface area contributed by atoms with Crippen LogP contribution in [0.5, 0.6) is 0 Å². The van der Waals surface area contributed by atoms with Crippen molar-refractivity contribution < 1.29 is 4.74 Å². The molecule has 4 aromatic rings. The van der Waals surface area contributed by atoms with E-state index in [0.29, 0.717) is 36.4 Å². The molecule has 1 aromatic carbocycles. The summed E-state index contributed by atoms with van der Waals surface area (Å²) in [6.07, 6.45) is 0.726. The molecule has 0 aliphatic carbocycles. The summed E-state index contributed by atoms with van der Waals surface area (Å²) in [6, 6.07) is 13.5. The smallest absolute Gasteiger partial charge is 0.281 e. The molecule has 150 valence electrons. The first-order chi connectivity index (χ1) is 14.1. The van der Waals surface area contributed by atoms with Crippen LogP contribution >= 0.6 is 11.3 Å². The molecule has 0 saturated heterocycles. The molecule has 0 unspecified atom stereocenters. The number of hydrogen-bond donors (Lipinski definition) is 1. The minimum Gasteiger partial charge on any atom is -0.382 e. The number of benzene rings is 1. The van der Waals surface area contributed by atoms with Gasteiger partial charge in [0.1, 0.15) is 5.00 Å². The number of H-pyrrole nitrogens is 1. The van der Waals surface area contributed by atoms with Gasteiger partial charge in [0.15, 0.2) is 0 Å². The minimum atomic E-state index is -0.141. The van der Waals surface area contributed by atoms with Crippen LogP contribution in [0.4, 0.5) is 0 Å². The van der Waals surface area contributed by atoms with E-state index in [1.807, 2.05) is 55.6 Å². The third kappa shape index (κ3) is 3.71. The van der Waals surface area contributed by atoms with E-state index in [1.165, 1.54) is 22.1 Å². The Labute approximate surface area is 172 Å². The van der Waals surface area contributed by atoms with Crippen molar-refractivity contribution in [1.82, 2.24) is 14.3 Å². The summed E-state index contributed by atoms with van der Waals surface area (Å²) in [5, 5.41) is 6.48. The zero-order valence-electron chi connectivity index (χ0n) is 16.5. The molecule has 1 N–H and O–H groups in total. The number of aryl methyl sites for hydroxylation is 1. The number of aromatic nitrogens is 3. The SMILES string of the molecule is CCOCCCn1c(C)c2c(=O)n(-c3cc(-c4ccccc4)cs3)[nH]c2cc1=O. The molecule has 0 saturated carbocycles. The summed E-state index contributed by atoms with van der Waals surface area (Å²) >= 11 is 1.49. The first kappa shape index (κ1) is 19.4. The molecule has 4 rings (SSSR count). The van der Waals surface area contributed by atoms with Gasteiger partial charge in [0.05, 0.1) is 10.9 Å². The molecule has 0 bridgehead atoms. The van der Waals surface area contributed by atoms with E-state index in [-0.39, 0.29) is 11.1 Å². The first-order valence-corrected chi connectivity index (χ1v) is 10.6. The number of rotatable bonds is 7. The Hall–Kier alpha value is -2.90. The van der Waals surface area contributed by atoms with Gasteiger partial charge < -0.3 is 9.30 Å². The predicted octanol–water partition coefficient (Wildman–Crippen LogP) is 3.94. The maximum Gasteiger partial charge on any atom is 0.281 e. The number of ether oxygens (including phenoxy) is 1. The molecular weight excluding hydrogens is 386 g/mol. The van der Waals surface area contributed by atoms with Gasteiger partial charge >= 0.3 is 0 Å². The molecule has 3 heterocycles. The van der Waals surface area contributed by atoms with Crippen LogP contribution < -0.4 is 11.1 Å².